The van der Waals surface area contributed by atoms with Crippen molar-refractivity contribution >= 4 is 11.6 Å². The molecular formula is C11H22ClN. The average molecular weight is 204 g/mol. The van der Waals surface area contributed by atoms with Gasteiger partial charge in [-0.25, -0.2) is 0 Å². The summed E-state index contributed by atoms with van der Waals surface area (Å²) in [5, 5.41) is 0. The fraction of sp³-hybridized carbons (Fsp3) is 1.00. The third-order valence-electron chi connectivity index (χ3n) is 2.87. The zero-order chi connectivity index (χ0) is 9.52. The van der Waals surface area contributed by atoms with Gasteiger partial charge in [0, 0.05) is 12.4 Å². The Labute approximate surface area is 87.4 Å². The van der Waals surface area contributed by atoms with Crippen molar-refractivity contribution < 1.29 is 0 Å². The van der Waals surface area contributed by atoms with Crippen molar-refractivity contribution in [2.75, 3.05) is 25.5 Å². The van der Waals surface area contributed by atoms with Crippen LogP contribution in [0.15, 0.2) is 0 Å². The van der Waals surface area contributed by atoms with E-state index in [-0.39, 0.29) is 0 Å². The van der Waals surface area contributed by atoms with Gasteiger partial charge in [0.25, 0.3) is 0 Å². The molecule has 0 saturated carbocycles. The summed E-state index contributed by atoms with van der Waals surface area (Å²) in [4.78, 5) is 2.60. The molecule has 1 rings (SSSR count). The molecule has 0 N–H and O–H groups in total. The summed E-state index contributed by atoms with van der Waals surface area (Å²) in [5.74, 6) is 1.77. The standard InChI is InChI=1S/C11H22ClN/c1-11-6-9-13(10-11)8-5-3-2-4-7-12/h11H,2-10H2,1H3. The monoisotopic (exact) mass is 203 g/mol. The summed E-state index contributed by atoms with van der Waals surface area (Å²) in [6.07, 6.45) is 6.63. The molecule has 0 aromatic carbocycles. The topological polar surface area (TPSA) is 3.24 Å². The molecule has 78 valence electrons. The van der Waals surface area contributed by atoms with Gasteiger partial charge in [0.1, 0.15) is 0 Å². The Kier molecular flexibility index (Phi) is 5.81. The molecule has 0 spiro atoms. The lowest BCUT2D eigenvalue weighted by atomic mass is 10.2. The van der Waals surface area contributed by atoms with Crippen LogP contribution >= 0.6 is 11.6 Å². The van der Waals surface area contributed by atoms with Crippen molar-refractivity contribution in [1.82, 2.24) is 4.90 Å². The van der Waals surface area contributed by atoms with Crippen LogP contribution in [0.25, 0.3) is 0 Å². The van der Waals surface area contributed by atoms with E-state index in [9.17, 15) is 0 Å². The number of hydrogen-bond acceptors (Lipinski definition) is 1. The van der Waals surface area contributed by atoms with Gasteiger partial charge in [-0.05, 0) is 38.3 Å². The first-order chi connectivity index (χ1) is 6.33. The van der Waals surface area contributed by atoms with E-state index in [1.54, 1.807) is 0 Å². The molecular weight excluding hydrogens is 182 g/mol. The summed E-state index contributed by atoms with van der Waals surface area (Å²) >= 11 is 5.62. The van der Waals surface area contributed by atoms with Gasteiger partial charge in [0.05, 0.1) is 0 Å². The number of likely N-dealkylation sites (tertiary alicyclic amines) is 1. The van der Waals surface area contributed by atoms with E-state index in [1.165, 1.54) is 51.7 Å². The largest absolute Gasteiger partial charge is 0.303 e. The molecule has 0 aromatic rings. The lowest BCUT2D eigenvalue weighted by Gasteiger charge is -2.14. The van der Waals surface area contributed by atoms with Crippen LogP contribution in [0.2, 0.25) is 0 Å². The van der Waals surface area contributed by atoms with Gasteiger partial charge in [0.2, 0.25) is 0 Å². The Balaban J connectivity index is 1.88. The van der Waals surface area contributed by atoms with Crippen LogP contribution in [0.4, 0.5) is 0 Å². The van der Waals surface area contributed by atoms with Crippen molar-refractivity contribution in [2.45, 2.75) is 39.0 Å². The van der Waals surface area contributed by atoms with E-state index in [4.69, 9.17) is 11.6 Å². The summed E-state index contributed by atoms with van der Waals surface area (Å²) in [7, 11) is 0. The van der Waals surface area contributed by atoms with Gasteiger partial charge in [-0.2, -0.15) is 0 Å². The van der Waals surface area contributed by atoms with Crippen LogP contribution in [0.3, 0.4) is 0 Å². The highest BCUT2D eigenvalue weighted by Crippen LogP contribution is 2.15. The first-order valence-corrected chi connectivity index (χ1v) is 6.14. The molecule has 1 unspecified atom stereocenters. The van der Waals surface area contributed by atoms with Crippen LogP contribution < -0.4 is 0 Å². The molecule has 1 nitrogen and oxygen atoms in total. The van der Waals surface area contributed by atoms with E-state index in [2.05, 4.69) is 11.8 Å². The highest BCUT2D eigenvalue weighted by atomic mass is 35.5. The second-order valence-corrected chi connectivity index (χ2v) is 4.68. The molecule has 1 aliphatic heterocycles. The number of hydrogen-bond donors (Lipinski definition) is 0. The summed E-state index contributed by atoms with van der Waals surface area (Å²) < 4.78 is 0. The van der Waals surface area contributed by atoms with Gasteiger partial charge in [-0.1, -0.05) is 19.8 Å². The molecule has 1 aliphatic rings. The number of rotatable bonds is 6. The van der Waals surface area contributed by atoms with Crippen molar-refractivity contribution in [3.63, 3.8) is 0 Å². The zero-order valence-corrected chi connectivity index (χ0v) is 9.52. The first kappa shape index (κ1) is 11.3. The second kappa shape index (κ2) is 6.67. The maximum absolute atomic E-state index is 5.62. The molecule has 0 aliphatic carbocycles. The molecule has 0 amide bonds. The van der Waals surface area contributed by atoms with Crippen molar-refractivity contribution in [3.05, 3.63) is 0 Å². The Hall–Kier alpha value is 0.250. The molecule has 13 heavy (non-hydrogen) atoms. The molecule has 1 saturated heterocycles. The van der Waals surface area contributed by atoms with Crippen LogP contribution in [0.1, 0.15) is 39.0 Å². The quantitative estimate of drug-likeness (QED) is 0.474. The van der Waals surface area contributed by atoms with E-state index >= 15 is 0 Å². The van der Waals surface area contributed by atoms with Crippen LogP contribution in [-0.2, 0) is 0 Å². The van der Waals surface area contributed by atoms with Crippen LogP contribution in [-0.4, -0.2) is 30.4 Å². The SMILES string of the molecule is CC1CCN(CCCCCCCl)C1. The number of nitrogens with zero attached hydrogens (tertiary/aromatic N) is 1. The van der Waals surface area contributed by atoms with Gasteiger partial charge < -0.3 is 4.90 Å². The lowest BCUT2D eigenvalue weighted by Crippen LogP contribution is -2.21. The fourth-order valence-corrected chi connectivity index (χ4v) is 2.20. The molecule has 2 heteroatoms. The molecule has 1 fully saturated rings. The minimum Gasteiger partial charge on any atom is -0.303 e. The van der Waals surface area contributed by atoms with Crippen molar-refractivity contribution in [3.8, 4) is 0 Å². The van der Waals surface area contributed by atoms with Gasteiger partial charge in [-0.15, -0.1) is 11.6 Å². The van der Waals surface area contributed by atoms with Gasteiger partial charge >= 0.3 is 0 Å². The second-order valence-electron chi connectivity index (χ2n) is 4.30. The van der Waals surface area contributed by atoms with E-state index in [1.807, 2.05) is 0 Å². The van der Waals surface area contributed by atoms with E-state index in [0.717, 1.165) is 11.8 Å². The summed E-state index contributed by atoms with van der Waals surface area (Å²) in [6.45, 7) is 6.33. The highest BCUT2D eigenvalue weighted by molar-refractivity contribution is 6.17. The Bertz CT molecular complexity index is 127. The van der Waals surface area contributed by atoms with Gasteiger partial charge in [-0.3, -0.25) is 0 Å². The van der Waals surface area contributed by atoms with Crippen LogP contribution in [0.5, 0.6) is 0 Å². The number of unbranched alkanes of at least 4 members (excludes halogenated alkanes) is 3. The Morgan fingerprint density at radius 2 is 2.00 bits per heavy atom. The fourth-order valence-electron chi connectivity index (χ4n) is 2.01. The average Bonchev–Trinajstić information content (AvgIpc) is 2.51. The summed E-state index contributed by atoms with van der Waals surface area (Å²) in [5.41, 5.74) is 0. The number of alkyl halides is 1. The predicted octanol–water partition coefficient (Wildman–Crippen LogP) is 3.13. The predicted molar refractivity (Wildman–Crippen MR) is 59.4 cm³/mol. The molecule has 0 aromatic heterocycles. The maximum atomic E-state index is 5.62. The molecule has 0 radical (unpaired) electrons. The smallest absolute Gasteiger partial charge is 0.0223 e. The first-order valence-electron chi connectivity index (χ1n) is 5.61. The molecule has 1 atom stereocenters. The third-order valence-corrected chi connectivity index (χ3v) is 3.13. The minimum atomic E-state index is 0.834. The summed E-state index contributed by atoms with van der Waals surface area (Å²) in [6, 6.07) is 0. The zero-order valence-electron chi connectivity index (χ0n) is 8.77. The Morgan fingerprint density at radius 3 is 2.62 bits per heavy atom. The normalized spacial score (nSPS) is 24.0. The van der Waals surface area contributed by atoms with Crippen molar-refractivity contribution in [1.29, 1.82) is 0 Å². The molecule has 0 bridgehead atoms. The van der Waals surface area contributed by atoms with Crippen molar-refractivity contribution in [2.24, 2.45) is 5.92 Å². The highest BCUT2D eigenvalue weighted by Gasteiger charge is 2.17. The van der Waals surface area contributed by atoms with E-state index < -0.39 is 0 Å². The lowest BCUT2D eigenvalue weighted by molar-refractivity contribution is 0.318. The molecule has 1 heterocycles. The van der Waals surface area contributed by atoms with E-state index in [0.29, 0.717) is 0 Å². The third kappa shape index (κ3) is 4.87. The number of halogens is 1. The maximum Gasteiger partial charge on any atom is 0.0223 e. The van der Waals surface area contributed by atoms with Gasteiger partial charge in [0.15, 0.2) is 0 Å². The Morgan fingerprint density at radius 1 is 1.23 bits per heavy atom. The van der Waals surface area contributed by atoms with Crippen LogP contribution in [0, 0.1) is 5.92 Å². The minimum absolute atomic E-state index is 0.834.